The van der Waals surface area contributed by atoms with E-state index in [1.54, 1.807) is 16.5 Å². The fourth-order valence-electron chi connectivity index (χ4n) is 3.86. The molecule has 0 saturated carbocycles. The summed E-state index contributed by atoms with van der Waals surface area (Å²) in [5.74, 6) is -1.20. The van der Waals surface area contributed by atoms with Crippen molar-refractivity contribution < 1.29 is 22.4 Å². The third-order valence-corrected chi connectivity index (χ3v) is 6.03. The number of halogens is 5. The molecule has 0 spiro atoms. The third kappa shape index (κ3) is 4.09. The van der Waals surface area contributed by atoms with E-state index >= 15 is 0 Å². The van der Waals surface area contributed by atoms with Crippen LogP contribution in [0.2, 0.25) is 5.02 Å². The summed E-state index contributed by atoms with van der Waals surface area (Å²) in [4.78, 5) is 22.6. The first-order valence-corrected chi connectivity index (χ1v) is 10.8. The molecule has 0 atom stereocenters. The summed E-state index contributed by atoms with van der Waals surface area (Å²) in [6, 6.07) is 7.16. The van der Waals surface area contributed by atoms with E-state index < -0.39 is 18.0 Å². The number of alkyl halides is 3. The fourth-order valence-corrected chi connectivity index (χ4v) is 4.10. The summed E-state index contributed by atoms with van der Waals surface area (Å²) >= 11 is 6.36. The maximum atomic E-state index is 14.9. The van der Waals surface area contributed by atoms with Gasteiger partial charge in [0.2, 0.25) is 0 Å². The number of nitrogens with two attached hydrogens (primary N) is 1. The Bertz CT molecular complexity index is 1640. The normalized spacial score (nSPS) is 11.9. The van der Waals surface area contributed by atoms with Gasteiger partial charge < -0.3 is 10.6 Å². The van der Waals surface area contributed by atoms with Crippen LogP contribution in [-0.4, -0.2) is 42.0 Å². The zero-order valence-electron chi connectivity index (χ0n) is 18.5. The van der Waals surface area contributed by atoms with Gasteiger partial charge in [0.15, 0.2) is 0 Å². The molecule has 0 aliphatic carbocycles. The Morgan fingerprint density at radius 3 is 2.61 bits per heavy atom. The number of carbonyl (C=O) groups excluding carboxylic acids is 1. The minimum atomic E-state index is -4.63. The topological polar surface area (TPSA) is 94.3 Å². The van der Waals surface area contributed by atoms with Gasteiger partial charge in [0.25, 0.3) is 5.91 Å². The number of hydrogen-bond acceptors (Lipinski definition) is 5. The summed E-state index contributed by atoms with van der Waals surface area (Å²) in [5, 5.41) is 3.54. The fraction of sp³-hybridized carbons (Fsp3) is 0.130. The molecular weight excluding hydrogens is 502 g/mol. The molecule has 0 aliphatic heterocycles. The molecule has 184 valence electrons. The average molecular weight is 518 g/mol. The highest BCUT2D eigenvalue weighted by molar-refractivity contribution is 6.31. The number of benzene rings is 2. The van der Waals surface area contributed by atoms with Crippen molar-refractivity contribution in [3.8, 4) is 11.1 Å². The maximum Gasteiger partial charge on any atom is 0.504 e. The monoisotopic (exact) mass is 517 g/mol. The summed E-state index contributed by atoms with van der Waals surface area (Å²) in [5.41, 5.74) is 8.12. The number of nitrogen functional groups attached to an aromatic ring is 1. The lowest BCUT2D eigenvalue weighted by molar-refractivity contribution is -0.212. The van der Waals surface area contributed by atoms with Crippen LogP contribution in [0.25, 0.3) is 27.7 Å². The van der Waals surface area contributed by atoms with Crippen LogP contribution in [0.1, 0.15) is 15.9 Å². The number of anilines is 1. The molecule has 1 amide bonds. The lowest BCUT2D eigenvalue weighted by atomic mass is 10.1. The van der Waals surface area contributed by atoms with Gasteiger partial charge in [-0.2, -0.15) is 9.78 Å². The predicted octanol–water partition coefficient (Wildman–Crippen LogP) is 4.87. The molecule has 0 fully saturated rings. The number of hydrogen-bond donors (Lipinski definition) is 1. The molecule has 2 aromatic carbocycles. The summed E-state index contributed by atoms with van der Waals surface area (Å²) < 4.78 is 54.8. The molecule has 0 bridgehead atoms. The van der Waals surface area contributed by atoms with Crippen LogP contribution in [0.15, 0.2) is 55.2 Å². The van der Waals surface area contributed by atoms with Crippen molar-refractivity contribution >= 4 is 39.9 Å². The number of rotatable bonds is 4. The quantitative estimate of drug-likeness (QED) is 0.343. The third-order valence-electron chi connectivity index (χ3n) is 5.68. The molecule has 13 heteroatoms. The molecule has 0 saturated heterocycles. The Morgan fingerprint density at radius 2 is 1.92 bits per heavy atom. The van der Waals surface area contributed by atoms with E-state index in [0.29, 0.717) is 22.2 Å². The van der Waals surface area contributed by atoms with E-state index in [0.717, 1.165) is 18.5 Å². The van der Waals surface area contributed by atoms with Crippen molar-refractivity contribution in [1.82, 2.24) is 29.0 Å². The second kappa shape index (κ2) is 8.48. The summed E-state index contributed by atoms with van der Waals surface area (Å²) in [6.45, 7) is 0.0255. The smallest absolute Gasteiger partial charge is 0.382 e. The minimum Gasteiger partial charge on any atom is -0.382 e. The Kier molecular flexibility index (Phi) is 5.55. The molecule has 2 N–H and O–H groups in total. The lowest BCUT2D eigenvalue weighted by Gasteiger charge is -2.19. The van der Waals surface area contributed by atoms with E-state index in [9.17, 15) is 22.4 Å². The molecule has 36 heavy (non-hydrogen) atoms. The Labute approximate surface area is 205 Å². The number of imidazole rings is 1. The molecule has 3 aromatic heterocycles. The number of fused-ring (bicyclic) bond motifs is 3. The SMILES string of the molecule is CN(Cc1ccc(-c2cnn(C(F)(F)F)c2)cc1Cl)C(=O)c1cc2c(cc1F)nc(N)c1cncn12. The highest BCUT2D eigenvalue weighted by Crippen LogP contribution is 2.30. The maximum absolute atomic E-state index is 14.9. The Morgan fingerprint density at radius 1 is 1.14 bits per heavy atom. The van der Waals surface area contributed by atoms with Crippen LogP contribution in [0, 0.1) is 5.82 Å². The first kappa shape index (κ1) is 23.5. The second-order valence-electron chi connectivity index (χ2n) is 8.08. The van der Waals surface area contributed by atoms with E-state index in [1.807, 2.05) is 0 Å². The predicted molar refractivity (Wildman–Crippen MR) is 125 cm³/mol. The molecule has 0 radical (unpaired) electrons. The van der Waals surface area contributed by atoms with E-state index in [1.165, 1.54) is 36.6 Å². The molecule has 5 rings (SSSR count). The highest BCUT2D eigenvalue weighted by atomic mass is 35.5. The second-order valence-corrected chi connectivity index (χ2v) is 8.48. The summed E-state index contributed by atoms with van der Waals surface area (Å²) in [6.07, 6.45) is 0.305. The lowest BCUT2D eigenvalue weighted by Crippen LogP contribution is -2.27. The summed E-state index contributed by atoms with van der Waals surface area (Å²) in [7, 11) is 1.48. The highest BCUT2D eigenvalue weighted by Gasteiger charge is 2.31. The number of amides is 1. The molecule has 0 aliphatic rings. The number of nitrogens with zero attached hydrogens (tertiary/aromatic N) is 6. The van der Waals surface area contributed by atoms with Gasteiger partial charge >= 0.3 is 6.30 Å². The van der Waals surface area contributed by atoms with Crippen LogP contribution < -0.4 is 5.73 Å². The van der Waals surface area contributed by atoms with Crippen LogP contribution >= 0.6 is 11.6 Å². The van der Waals surface area contributed by atoms with Crippen LogP contribution in [-0.2, 0) is 12.8 Å². The van der Waals surface area contributed by atoms with Gasteiger partial charge in [-0.15, -0.1) is 13.2 Å². The molecule has 8 nitrogen and oxygen atoms in total. The van der Waals surface area contributed by atoms with Gasteiger partial charge in [-0.05, 0) is 23.3 Å². The van der Waals surface area contributed by atoms with E-state index in [2.05, 4.69) is 15.1 Å². The zero-order valence-corrected chi connectivity index (χ0v) is 19.2. The molecule has 3 heterocycles. The minimum absolute atomic E-state index is 0.0255. The van der Waals surface area contributed by atoms with Crippen LogP contribution in [0.3, 0.4) is 0 Å². The van der Waals surface area contributed by atoms with Crippen molar-refractivity contribution in [2.24, 2.45) is 0 Å². The Hall–Kier alpha value is -4.19. The molecule has 5 aromatic rings. The van der Waals surface area contributed by atoms with Gasteiger partial charge in [-0.1, -0.05) is 23.7 Å². The van der Waals surface area contributed by atoms with Gasteiger partial charge in [-0.3, -0.25) is 9.20 Å². The largest absolute Gasteiger partial charge is 0.504 e. The van der Waals surface area contributed by atoms with E-state index in [4.69, 9.17) is 17.3 Å². The number of carbonyl (C=O) groups is 1. The van der Waals surface area contributed by atoms with Crippen molar-refractivity contribution in [2.75, 3.05) is 12.8 Å². The van der Waals surface area contributed by atoms with Gasteiger partial charge in [0.1, 0.15) is 17.2 Å². The van der Waals surface area contributed by atoms with Crippen molar-refractivity contribution in [1.29, 1.82) is 0 Å². The van der Waals surface area contributed by atoms with Crippen LogP contribution in [0.5, 0.6) is 0 Å². The van der Waals surface area contributed by atoms with Crippen molar-refractivity contribution in [3.63, 3.8) is 0 Å². The Balaban J connectivity index is 1.41. The van der Waals surface area contributed by atoms with Crippen LogP contribution in [0.4, 0.5) is 23.4 Å². The first-order chi connectivity index (χ1) is 17.0. The standard InChI is InChI=1S/C23H16ClF4N7O/c1-33(9-13-3-2-12(4-16(13)24)14-7-31-35(10-14)23(26,27)28)22(36)15-5-19-18(6-17(15)25)32-21(29)20-8-30-11-34(19)20/h2-8,10-11H,9H2,1H3,(H2,29,32). The number of aromatic nitrogens is 5. The van der Waals surface area contributed by atoms with Gasteiger partial charge in [-0.25, -0.2) is 14.4 Å². The molecule has 0 unspecified atom stereocenters. The average Bonchev–Trinajstić information content (AvgIpc) is 3.50. The van der Waals surface area contributed by atoms with E-state index in [-0.39, 0.29) is 38.7 Å². The van der Waals surface area contributed by atoms with Gasteiger partial charge in [0, 0.05) is 36.4 Å². The first-order valence-electron chi connectivity index (χ1n) is 10.4. The van der Waals surface area contributed by atoms with Crippen molar-refractivity contribution in [3.05, 3.63) is 77.2 Å². The zero-order chi connectivity index (χ0) is 25.8. The van der Waals surface area contributed by atoms with Crippen molar-refractivity contribution in [2.45, 2.75) is 12.8 Å². The van der Waals surface area contributed by atoms with Gasteiger partial charge in [0.05, 0.1) is 35.3 Å². The molecular formula is C23H16ClF4N7O.